The molecule has 1 aromatic heterocycles. The quantitative estimate of drug-likeness (QED) is 0.812. The summed E-state index contributed by atoms with van der Waals surface area (Å²) in [5.41, 5.74) is 1.19. The van der Waals surface area contributed by atoms with Crippen LogP contribution in [0, 0.1) is 11.7 Å². The van der Waals surface area contributed by atoms with Crippen molar-refractivity contribution >= 4 is 11.8 Å². The van der Waals surface area contributed by atoms with Crippen molar-refractivity contribution in [2.24, 2.45) is 5.92 Å². The SMILES string of the molecule is CC(C)C[C@@H](NC(=O)c1ccc(F)cc1)C(=O)NCc1cccnc1. The highest BCUT2D eigenvalue weighted by molar-refractivity contribution is 5.97. The maximum Gasteiger partial charge on any atom is 0.251 e. The molecule has 6 heteroatoms. The molecule has 2 amide bonds. The topological polar surface area (TPSA) is 71.1 Å². The van der Waals surface area contributed by atoms with Crippen molar-refractivity contribution in [2.75, 3.05) is 0 Å². The summed E-state index contributed by atoms with van der Waals surface area (Å²) in [7, 11) is 0. The maximum absolute atomic E-state index is 13.0. The fraction of sp³-hybridized carbons (Fsp3) is 0.316. The number of hydrogen-bond acceptors (Lipinski definition) is 3. The normalized spacial score (nSPS) is 11.8. The molecule has 0 saturated carbocycles. The van der Waals surface area contributed by atoms with Gasteiger partial charge >= 0.3 is 0 Å². The number of rotatable bonds is 7. The molecular weight excluding hydrogens is 321 g/mol. The van der Waals surface area contributed by atoms with E-state index in [4.69, 9.17) is 0 Å². The van der Waals surface area contributed by atoms with Gasteiger partial charge < -0.3 is 10.6 Å². The Labute approximate surface area is 146 Å². The molecule has 2 rings (SSSR count). The molecule has 1 atom stereocenters. The smallest absolute Gasteiger partial charge is 0.251 e. The number of amides is 2. The van der Waals surface area contributed by atoms with Crippen molar-refractivity contribution in [3.05, 3.63) is 65.7 Å². The lowest BCUT2D eigenvalue weighted by atomic mass is 10.0. The summed E-state index contributed by atoms with van der Waals surface area (Å²) >= 11 is 0. The fourth-order valence-electron chi connectivity index (χ4n) is 2.36. The molecule has 132 valence electrons. The molecule has 0 saturated heterocycles. The van der Waals surface area contributed by atoms with Crippen LogP contribution in [0.1, 0.15) is 36.2 Å². The predicted molar refractivity (Wildman–Crippen MR) is 93.2 cm³/mol. The highest BCUT2D eigenvalue weighted by Crippen LogP contribution is 2.08. The molecule has 1 heterocycles. The number of pyridine rings is 1. The third-order valence-electron chi connectivity index (χ3n) is 3.62. The maximum atomic E-state index is 13.0. The summed E-state index contributed by atoms with van der Waals surface area (Å²) in [6, 6.07) is 8.22. The van der Waals surface area contributed by atoms with Crippen LogP contribution in [-0.2, 0) is 11.3 Å². The summed E-state index contributed by atoms with van der Waals surface area (Å²) < 4.78 is 13.0. The summed E-state index contributed by atoms with van der Waals surface area (Å²) in [6.45, 7) is 4.30. The second-order valence-corrected chi connectivity index (χ2v) is 6.24. The van der Waals surface area contributed by atoms with Gasteiger partial charge in [0.05, 0.1) is 0 Å². The summed E-state index contributed by atoms with van der Waals surface area (Å²) in [5, 5.41) is 5.55. The van der Waals surface area contributed by atoms with Gasteiger partial charge in [-0.1, -0.05) is 19.9 Å². The van der Waals surface area contributed by atoms with Gasteiger partial charge in [0.1, 0.15) is 11.9 Å². The number of nitrogens with zero attached hydrogens (tertiary/aromatic N) is 1. The minimum atomic E-state index is -0.658. The van der Waals surface area contributed by atoms with E-state index in [9.17, 15) is 14.0 Å². The number of carbonyl (C=O) groups is 2. The van der Waals surface area contributed by atoms with E-state index in [1.54, 1.807) is 18.5 Å². The lowest BCUT2D eigenvalue weighted by Gasteiger charge is -2.20. The van der Waals surface area contributed by atoms with Crippen LogP contribution < -0.4 is 10.6 Å². The first kappa shape index (κ1) is 18.6. The number of hydrogen-bond donors (Lipinski definition) is 2. The number of aromatic nitrogens is 1. The monoisotopic (exact) mass is 343 g/mol. The highest BCUT2D eigenvalue weighted by Gasteiger charge is 2.22. The van der Waals surface area contributed by atoms with Crippen LogP contribution in [0.3, 0.4) is 0 Å². The first-order valence-corrected chi connectivity index (χ1v) is 8.18. The molecular formula is C19H22FN3O2. The van der Waals surface area contributed by atoms with Crippen molar-refractivity contribution < 1.29 is 14.0 Å². The second-order valence-electron chi connectivity index (χ2n) is 6.24. The Morgan fingerprint density at radius 1 is 1.16 bits per heavy atom. The van der Waals surface area contributed by atoms with E-state index in [1.165, 1.54) is 24.3 Å². The molecule has 0 radical (unpaired) electrons. The Morgan fingerprint density at radius 2 is 1.88 bits per heavy atom. The van der Waals surface area contributed by atoms with E-state index in [1.807, 2.05) is 19.9 Å². The molecule has 5 nitrogen and oxygen atoms in total. The summed E-state index contributed by atoms with van der Waals surface area (Å²) in [6.07, 6.45) is 3.84. The Bertz CT molecular complexity index is 702. The molecule has 0 spiro atoms. The van der Waals surface area contributed by atoms with Crippen molar-refractivity contribution in [1.29, 1.82) is 0 Å². The van der Waals surface area contributed by atoms with Crippen LogP contribution in [0.5, 0.6) is 0 Å². The highest BCUT2D eigenvalue weighted by atomic mass is 19.1. The molecule has 0 aliphatic rings. The minimum Gasteiger partial charge on any atom is -0.350 e. The number of nitrogens with one attached hydrogen (secondary N) is 2. The largest absolute Gasteiger partial charge is 0.350 e. The summed E-state index contributed by atoms with van der Waals surface area (Å²) in [5.74, 6) is -0.845. The minimum absolute atomic E-state index is 0.225. The van der Waals surface area contributed by atoms with Gasteiger partial charge in [0, 0.05) is 24.5 Å². The van der Waals surface area contributed by atoms with Crippen LogP contribution >= 0.6 is 0 Å². The Hall–Kier alpha value is -2.76. The van der Waals surface area contributed by atoms with E-state index in [0.717, 1.165) is 5.56 Å². The third kappa shape index (κ3) is 5.99. The Morgan fingerprint density at radius 3 is 2.48 bits per heavy atom. The number of carbonyl (C=O) groups excluding carboxylic acids is 2. The Kier molecular flexibility index (Phi) is 6.62. The zero-order chi connectivity index (χ0) is 18.2. The molecule has 25 heavy (non-hydrogen) atoms. The molecule has 1 aromatic carbocycles. The van der Waals surface area contributed by atoms with E-state index in [2.05, 4.69) is 15.6 Å². The average Bonchev–Trinajstić information content (AvgIpc) is 2.60. The van der Waals surface area contributed by atoms with Gasteiger partial charge in [-0.2, -0.15) is 0 Å². The molecule has 0 unspecified atom stereocenters. The van der Waals surface area contributed by atoms with Crippen LogP contribution in [0.15, 0.2) is 48.8 Å². The van der Waals surface area contributed by atoms with Crippen LogP contribution in [0.25, 0.3) is 0 Å². The molecule has 0 bridgehead atoms. The van der Waals surface area contributed by atoms with E-state index >= 15 is 0 Å². The molecule has 0 aliphatic carbocycles. The third-order valence-corrected chi connectivity index (χ3v) is 3.62. The molecule has 2 aromatic rings. The van der Waals surface area contributed by atoms with Crippen LogP contribution in [0.2, 0.25) is 0 Å². The van der Waals surface area contributed by atoms with Gasteiger partial charge in [-0.25, -0.2) is 4.39 Å². The lowest BCUT2D eigenvalue weighted by Crippen LogP contribution is -2.47. The zero-order valence-corrected chi connectivity index (χ0v) is 14.3. The van der Waals surface area contributed by atoms with Gasteiger partial charge in [0.2, 0.25) is 5.91 Å². The number of halogens is 1. The van der Waals surface area contributed by atoms with E-state index in [0.29, 0.717) is 18.5 Å². The zero-order valence-electron chi connectivity index (χ0n) is 14.3. The molecule has 2 N–H and O–H groups in total. The predicted octanol–water partition coefficient (Wildman–Crippen LogP) is 2.68. The van der Waals surface area contributed by atoms with Crippen LogP contribution in [0.4, 0.5) is 4.39 Å². The standard InChI is InChI=1S/C19H22FN3O2/c1-13(2)10-17(19(25)22-12-14-4-3-9-21-11-14)23-18(24)15-5-7-16(20)8-6-15/h3-9,11,13,17H,10,12H2,1-2H3,(H,22,25)(H,23,24)/t17-/m1/s1. The van der Waals surface area contributed by atoms with E-state index < -0.39 is 17.8 Å². The van der Waals surface area contributed by atoms with Crippen LogP contribution in [-0.4, -0.2) is 22.8 Å². The molecule has 0 fully saturated rings. The van der Waals surface area contributed by atoms with Gasteiger partial charge in [-0.3, -0.25) is 14.6 Å². The van der Waals surface area contributed by atoms with Crippen molar-refractivity contribution in [2.45, 2.75) is 32.9 Å². The number of benzene rings is 1. The van der Waals surface area contributed by atoms with E-state index in [-0.39, 0.29) is 11.8 Å². The molecule has 0 aliphatic heterocycles. The van der Waals surface area contributed by atoms with Gasteiger partial charge in [-0.05, 0) is 48.2 Å². The second kappa shape index (κ2) is 8.92. The first-order chi connectivity index (χ1) is 12.0. The van der Waals surface area contributed by atoms with Crippen molar-refractivity contribution in [1.82, 2.24) is 15.6 Å². The van der Waals surface area contributed by atoms with Gasteiger partial charge in [0.15, 0.2) is 0 Å². The van der Waals surface area contributed by atoms with Gasteiger partial charge in [-0.15, -0.1) is 0 Å². The van der Waals surface area contributed by atoms with Crippen molar-refractivity contribution in [3.63, 3.8) is 0 Å². The Balaban J connectivity index is 2.00. The fourth-order valence-corrected chi connectivity index (χ4v) is 2.36. The van der Waals surface area contributed by atoms with Crippen molar-refractivity contribution in [3.8, 4) is 0 Å². The summed E-state index contributed by atoms with van der Waals surface area (Å²) in [4.78, 5) is 28.8. The van der Waals surface area contributed by atoms with Gasteiger partial charge in [0.25, 0.3) is 5.91 Å². The first-order valence-electron chi connectivity index (χ1n) is 8.18. The average molecular weight is 343 g/mol. The lowest BCUT2D eigenvalue weighted by molar-refractivity contribution is -0.123.